The smallest absolute Gasteiger partial charge is 0.163 e. The second kappa shape index (κ2) is 4.67. The highest BCUT2D eigenvalue weighted by atomic mass is 16.3. The molecule has 0 aromatic heterocycles. The minimum Gasteiger partial charge on any atom is -0.386 e. The average Bonchev–Trinajstić information content (AvgIpc) is 2.40. The fourth-order valence-corrected chi connectivity index (χ4v) is 4.89. The van der Waals surface area contributed by atoms with E-state index in [1.807, 2.05) is 12.1 Å². The Bertz CT molecular complexity index is 621. The molecule has 2 heteroatoms. The number of Topliss-reactive ketones (excluding diaryl/α,β-unsaturated/α-hetero) is 1. The fourth-order valence-electron chi connectivity index (χ4n) is 4.89. The first-order valence-corrected chi connectivity index (χ1v) is 8.46. The van der Waals surface area contributed by atoms with Crippen LogP contribution in [0.2, 0.25) is 0 Å². The molecule has 1 aromatic carbocycles. The van der Waals surface area contributed by atoms with Gasteiger partial charge in [0, 0.05) is 12.0 Å². The van der Waals surface area contributed by atoms with Crippen molar-refractivity contribution in [2.45, 2.75) is 71.3 Å². The van der Waals surface area contributed by atoms with E-state index in [-0.39, 0.29) is 16.6 Å². The van der Waals surface area contributed by atoms with Gasteiger partial charge in [-0.05, 0) is 60.6 Å². The quantitative estimate of drug-likeness (QED) is 0.824. The summed E-state index contributed by atoms with van der Waals surface area (Å²) < 4.78 is 0. The molecule has 0 unspecified atom stereocenters. The topological polar surface area (TPSA) is 37.3 Å². The molecule has 0 bridgehead atoms. The van der Waals surface area contributed by atoms with Crippen molar-refractivity contribution in [3.63, 3.8) is 0 Å². The molecule has 120 valence electrons. The van der Waals surface area contributed by atoms with Crippen LogP contribution in [0.1, 0.15) is 81.8 Å². The number of carbonyl (C=O) groups excluding carboxylic acids is 1. The van der Waals surface area contributed by atoms with Gasteiger partial charge in [-0.25, -0.2) is 0 Å². The molecule has 1 fully saturated rings. The molecule has 1 aromatic rings. The van der Waals surface area contributed by atoms with Crippen LogP contribution < -0.4 is 0 Å². The Morgan fingerprint density at radius 2 is 1.86 bits per heavy atom. The van der Waals surface area contributed by atoms with Crippen LogP contribution in [0.4, 0.5) is 0 Å². The molecule has 1 N–H and O–H groups in total. The Kier molecular flexibility index (Phi) is 3.34. The molecule has 0 aliphatic heterocycles. The highest BCUT2D eigenvalue weighted by Gasteiger charge is 2.51. The van der Waals surface area contributed by atoms with Gasteiger partial charge in [0.2, 0.25) is 0 Å². The first kappa shape index (κ1) is 15.7. The van der Waals surface area contributed by atoms with Gasteiger partial charge in [-0.3, -0.25) is 4.79 Å². The molecular weight excluding hydrogens is 272 g/mol. The summed E-state index contributed by atoms with van der Waals surface area (Å²) >= 11 is 0. The standard InChI is InChI=1S/C20H28O2/c1-18(2)9-6-10-20(5)15-8-7-13(19(3,4)22)11-14(15)16(21)12-17(18)20/h7-8,11,17,22H,6,9-10,12H2,1-5H3/t17-,20+/m0/s1. The molecule has 0 radical (unpaired) electrons. The van der Waals surface area contributed by atoms with Crippen LogP contribution in [0.3, 0.4) is 0 Å². The maximum Gasteiger partial charge on any atom is 0.163 e. The van der Waals surface area contributed by atoms with Crippen molar-refractivity contribution in [3.8, 4) is 0 Å². The maximum atomic E-state index is 12.8. The molecule has 0 heterocycles. The summed E-state index contributed by atoms with van der Waals surface area (Å²) in [6.07, 6.45) is 4.23. The number of carbonyl (C=O) groups is 1. The van der Waals surface area contributed by atoms with Crippen molar-refractivity contribution < 1.29 is 9.90 Å². The molecule has 3 rings (SSSR count). The summed E-state index contributed by atoms with van der Waals surface area (Å²) in [4.78, 5) is 12.8. The van der Waals surface area contributed by atoms with E-state index < -0.39 is 5.60 Å². The molecule has 2 atom stereocenters. The van der Waals surface area contributed by atoms with Crippen LogP contribution in [0.15, 0.2) is 18.2 Å². The molecule has 22 heavy (non-hydrogen) atoms. The van der Waals surface area contributed by atoms with Crippen LogP contribution in [0.25, 0.3) is 0 Å². The molecular formula is C20H28O2. The summed E-state index contributed by atoms with van der Waals surface area (Å²) in [6, 6.07) is 6.04. The maximum absolute atomic E-state index is 12.8. The third kappa shape index (κ3) is 2.23. The number of hydrogen-bond acceptors (Lipinski definition) is 2. The van der Waals surface area contributed by atoms with E-state index in [0.717, 1.165) is 17.5 Å². The third-order valence-electron chi connectivity index (χ3n) is 6.26. The molecule has 0 saturated heterocycles. The molecule has 0 spiro atoms. The number of rotatable bonds is 1. The lowest BCUT2D eigenvalue weighted by Gasteiger charge is -2.54. The summed E-state index contributed by atoms with van der Waals surface area (Å²) in [6.45, 7) is 10.5. The molecule has 2 aliphatic carbocycles. The van der Waals surface area contributed by atoms with Crippen molar-refractivity contribution >= 4 is 5.78 Å². The number of ketones is 1. The van der Waals surface area contributed by atoms with Gasteiger partial charge in [-0.15, -0.1) is 0 Å². The van der Waals surface area contributed by atoms with E-state index >= 15 is 0 Å². The fraction of sp³-hybridized carbons (Fsp3) is 0.650. The van der Waals surface area contributed by atoms with Gasteiger partial charge in [0.1, 0.15) is 0 Å². The van der Waals surface area contributed by atoms with Crippen LogP contribution in [0, 0.1) is 11.3 Å². The van der Waals surface area contributed by atoms with Crippen molar-refractivity contribution in [2.24, 2.45) is 11.3 Å². The van der Waals surface area contributed by atoms with Gasteiger partial charge in [-0.1, -0.05) is 39.3 Å². The van der Waals surface area contributed by atoms with Gasteiger partial charge in [0.15, 0.2) is 5.78 Å². The average molecular weight is 300 g/mol. The highest BCUT2D eigenvalue weighted by Crippen LogP contribution is 2.57. The van der Waals surface area contributed by atoms with Crippen LogP contribution in [0.5, 0.6) is 0 Å². The van der Waals surface area contributed by atoms with E-state index in [0.29, 0.717) is 12.3 Å². The predicted octanol–water partition coefficient (Wildman–Crippen LogP) is 4.58. The number of fused-ring (bicyclic) bond motifs is 3. The normalized spacial score (nSPS) is 30.6. The minimum atomic E-state index is -0.904. The monoisotopic (exact) mass is 300 g/mol. The first-order valence-electron chi connectivity index (χ1n) is 8.46. The van der Waals surface area contributed by atoms with Crippen LogP contribution in [-0.2, 0) is 11.0 Å². The van der Waals surface area contributed by atoms with Gasteiger partial charge in [0.25, 0.3) is 0 Å². The number of benzene rings is 1. The molecule has 2 nitrogen and oxygen atoms in total. The number of aliphatic hydroxyl groups is 1. The second-order valence-corrected chi connectivity index (χ2v) is 8.76. The van der Waals surface area contributed by atoms with E-state index in [1.54, 1.807) is 13.8 Å². The molecule has 1 saturated carbocycles. The SMILES string of the molecule is CC(C)(O)c1ccc2c(c1)C(=O)C[C@H]1C(C)(C)CCC[C@]21C. The van der Waals surface area contributed by atoms with Gasteiger partial charge in [-0.2, -0.15) is 0 Å². The van der Waals surface area contributed by atoms with Gasteiger partial charge < -0.3 is 5.11 Å². The summed E-state index contributed by atoms with van der Waals surface area (Å²) in [5, 5.41) is 10.2. The predicted molar refractivity (Wildman–Crippen MR) is 89.1 cm³/mol. The Balaban J connectivity index is 2.15. The van der Waals surface area contributed by atoms with Crippen LogP contribution >= 0.6 is 0 Å². The lowest BCUT2D eigenvalue weighted by molar-refractivity contribution is 0.0365. The summed E-state index contributed by atoms with van der Waals surface area (Å²) in [7, 11) is 0. The largest absolute Gasteiger partial charge is 0.386 e. The van der Waals surface area contributed by atoms with Crippen LogP contribution in [-0.4, -0.2) is 10.9 Å². The molecule has 0 amide bonds. The lowest BCUT2D eigenvalue weighted by atomic mass is 9.50. The van der Waals surface area contributed by atoms with E-state index in [9.17, 15) is 9.90 Å². The van der Waals surface area contributed by atoms with Crippen molar-refractivity contribution in [3.05, 3.63) is 34.9 Å². The zero-order chi connectivity index (χ0) is 16.3. The van der Waals surface area contributed by atoms with E-state index in [4.69, 9.17) is 0 Å². The van der Waals surface area contributed by atoms with Crippen molar-refractivity contribution in [1.82, 2.24) is 0 Å². The van der Waals surface area contributed by atoms with E-state index in [2.05, 4.69) is 26.8 Å². The summed E-state index contributed by atoms with van der Waals surface area (Å²) in [5.74, 6) is 0.667. The Hall–Kier alpha value is -1.15. The van der Waals surface area contributed by atoms with Crippen molar-refractivity contribution in [1.29, 1.82) is 0 Å². The Morgan fingerprint density at radius 3 is 2.50 bits per heavy atom. The number of hydrogen-bond donors (Lipinski definition) is 1. The first-order chi connectivity index (χ1) is 10.1. The zero-order valence-electron chi connectivity index (χ0n) is 14.5. The minimum absolute atomic E-state index is 0.0864. The second-order valence-electron chi connectivity index (χ2n) is 8.76. The highest BCUT2D eigenvalue weighted by molar-refractivity contribution is 5.99. The Labute approximate surface area is 133 Å². The van der Waals surface area contributed by atoms with Crippen molar-refractivity contribution in [2.75, 3.05) is 0 Å². The third-order valence-corrected chi connectivity index (χ3v) is 6.26. The zero-order valence-corrected chi connectivity index (χ0v) is 14.5. The Morgan fingerprint density at radius 1 is 1.18 bits per heavy atom. The van der Waals surface area contributed by atoms with E-state index in [1.165, 1.54) is 18.4 Å². The van der Waals surface area contributed by atoms with Gasteiger partial charge >= 0.3 is 0 Å². The summed E-state index contributed by atoms with van der Waals surface area (Å²) in [5.41, 5.74) is 2.28. The lowest BCUT2D eigenvalue weighted by Crippen LogP contribution is -2.49. The molecule has 2 aliphatic rings. The van der Waals surface area contributed by atoms with Gasteiger partial charge in [0.05, 0.1) is 5.60 Å².